The van der Waals surface area contributed by atoms with Crippen LogP contribution >= 0.6 is 0 Å². The predicted molar refractivity (Wildman–Crippen MR) is 84.2 cm³/mol. The number of aliphatic hydroxyl groups is 1. The first-order valence-electron chi connectivity index (χ1n) is 8.00. The van der Waals surface area contributed by atoms with E-state index in [0.29, 0.717) is 25.1 Å². The van der Waals surface area contributed by atoms with Crippen LogP contribution < -0.4 is 10.6 Å². The fraction of sp³-hybridized carbons (Fsp3) is 0.938. The van der Waals surface area contributed by atoms with Gasteiger partial charge in [-0.1, -0.05) is 13.8 Å². The zero-order chi connectivity index (χ0) is 15.9. The summed E-state index contributed by atoms with van der Waals surface area (Å²) in [6.45, 7) is 8.08. The molecule has 1 unspecified atom stereocenters. The number of carbonyl (C=O) groups is 1. The van der Waals surface area contributed by atoms with Crippen molar-refractivity contribution >= 4 is 5.91 Å². The Morgan fingerprint density at radius 3 is 2.48 bits per heavy atom. The third kappa shape index (κ3) is 6.76. The second-order valence-electron chi connectivity index (χ2n) is 7.13. The van der Waals surface area contributed by atoms with Gasteiger partial charge in [-0.2, -0.15) is 0 Å². The molecule has 0 aromatic rings. The van der Waals surface area contributed by atoms with Crippen LogP contribution in [0.1, 0.15) is 52.9 Å². The fourth-order valence-electron chi connectivity index (χ4n) is 2.59. The molecule has 0 aromatic heterocycles. The Morgan fingerprint density at radius 2 is 1.90 bits per heavy atom. The molecule has 1 atom stereocenters. The van der Waals surface area contributed by atoms with E-state index >= 15 is 0 Å². The Hall–Kier alpha value is -0.650. The van der Waals surface area contributed by atoms with E-state index in [-0.39, 0.29) is 11.9 Å². The van der Waals surface area contributed by atoms with Gasteiger partial charge in [0.1, 0.15) is 0 Å². The second-order valence-corrected chi connectivity index (χ2v) is 7.13. The third-order valence-electron chi connectivity index (χ3n) is 4.49. The average Bonchev–Trinajstić information content (AvgIpc) is 2.45. The Morgan fingerprint density at radius 1 is 1.29 bits per heavy atom. The van der Waals surface area contributed by atoms with Crippen molar-refractivity contribution in [1.29, 1.82) is 0 Å². The number of hydrogen-bond donors (Lipinski definition) is 3. The van der Waals surface area contributed by atoms with Crippen molar-refractivity contribution in [2.45, 2.75) is 64.5 Å². The number of hydrogen-bond acceptors (Lipinski definition) is 4. The van der Waals surface area contributed by atoms with Crippen molar-refractivity contribution < 1.29 is 14.6 Å². The lowest BCUT2D eigenvalue weighted by molar-refractivity contribution is -0.123. The van der Waals surface area contributed by atoms with E-state index in [1.54, 1.807) is 7.11 Å². The quantitative estimate of drug-likeness (QED) is 0.593. The fourth-order valence-corrected chi connectivity index (χ4v) is 2.59. The molecule has 0 spiro atoms. The monoisotopic (exact) mass is 300 g/mol. The highest BCUT2D eigenvalue weighted by atomic mass is 16.5. The molecule has 0 heterocycles. The lowest BCUT2D eigenvalue weighted by atomic mass is 9.71. The molecule has 3 N–H and O–H groups in total. The summed E-state index contributed by atoms with van der Waals surface area (Å²) in [5.74, 6) is -0.0224. The number of ether oxygens (including phenoxy) is 1. The first kappa shape index (κ1) is 18.4. The summed E-state index contributed by atoms with van der Waals surface area (Å²) in [6.07, 6.45) is 4.48. The van der Waals surface area contributed by atoms with Crippen LogP contribution in [0.25, 0.3) is 0 Å². The normalized spacial score (nSPS) is 21.8. The van der Waals surface area contributed by atoms with Gasteiger partial charge in [0.05, 0.1) is 11.6 Å². The van der Waals surface area contributed by atoms with E-state index in [4.69, 9.17) is 4.74 Å². The van der Waals surface area contributed by atoms with Gasteiger partial charge in [-0.3, -0.25) is 4.79 Å². The first-order chi connectivity index (χ1) is 9.78. The van der Waals surface area contributed by atoms with Crippen LogP contribution in [0, 0.1) is 5.41 Å². The number of amides is 1. The van der Waals surface area contributed by atoms with Gasteiger partial charge in [-0.25, -0.2) is 0 Å². The van der Waals surface area contributed by atoms with Gasteiger partial charge in [0.15, 0.2) is 0 Å². The van der Waals surface area contributed by atoms with E-state index in [1.807, 2.05) is 6.92 Å². The summed E-state index contributed by atoms with van der Waals surface area (Å²) in [4.78, 5) is 11.9. The molecular formula is C16H32N2O3. The van der Waals surface area contributed by atoms with Gasteiger partial charge in [0.25, 0.3) is 0 Å². The molecule has 1 fully saturated rings. The average molecular weight is 300 g/mol. The zero-order valence-electron chi connectivity index (χ0n) is 14.0. The molecule has 0 aromatic carbocycles. The summed E-state index contributed by atoms with van der Waals surface area (Å²) in [6, 6.07) is -0.286. The van der Waals surface area contributed by atoms with Crippen LogP contribution in [0.5, 0.6) is 0 Å². The topological polar surface area (TPSA) is 70.6 Å². The second kappa shape index (κ2) is 8.11. The van der Waals surface area contributed by atoms with E-state index in [9.17, 15) is 9.90 Å². The lowest BCUT2D eigenvalue weighted by Gasteiger charge is -2.40. The van der Waals surface area contributed by atoms with Crippen LogP contribution in [0.3, 0.4) is 0 Å². The number of methoxy groups -OCH3 is 1. The number of rotatable bonds is 8. The molecule has 1 amide bonds. The number of nitrogens with one attached hydrogen (secondary N) is 2. The standard InChI is InChI=1S/C16H32N2O3/c1-13(14(19)17-10-5-11-21-4)18-12-16(20)8-6-15(2,3)7-9-16/h13,18,20H,5-12H2,1-4H3,(H,17,19). The van der Waals surface area contributed by atoms with Gasteiger partial charge in [0.2, 0.25) is 5.91 Å². The molecule has 0 saturated heterocycles. The maximum Gasteiger partial charge on any atom is 0.236 e. The first-order valence-corrected chi connectivity index (χ1v) is 8.00. The van der Waals surface area contributed by atoms with Gasteiger partial charge < -0.3 is 20.5 Å². The van der Waals surface area contributed by atoms with E-state index in [0.717, 1.165) is 32.1 Å². The predicted octanol–water partition coefficient (Wildman–Crippen LogP) is 1.45. The molecule has 1 aliphatic carbocycles. The molecule has 5 nitrogen and oxygen atoms in total. The molecule has 0 aliphatic heterocycles. The van der Waals surface area contributed by atoms with Gasteiger partial charge in [-0.15, -0.1) is 0 Å². The Bertz CT molecular complexity index is 321. The highest BCUT2D eigenvalue weighted by Gasteiger charge is 2.36. The lowest BCUT2D eigenvalue weighted by Crippen LogP contribution is -2.51. The smallest absolute Gasteiger partial charge is 0.236 e. The molecule has 0 radical (unpaired) electrons. The summed E-state index contributed by atoms with van der Waals surface area (Å²) in [7, 11) is 1.65. The van der Waals surface area contributed by atoms with Crippen LogP contribution in [0.4, 0.5) is 0 Å². The third-order valence-corrected chi connectivity index (χ3v) is 4.49. The molecule has 124 valence electrons. The Kier molecular flexibility index (Phi) is 7.10. The molecular weight excluding hydrogens is 268 g/mol. The van der Waals surface area contributed by atoms with E-state index in [1.165, 1.54) is 0 Å². The Balaban J connectivity index is 2.25. The molecule has 1 aliphatic rings. The SMILES string of the molecule is COCCCNC(=O)C(C)NCC1(O)CCC(C)(C)CC1. The summed E-state index contributed by atoms with van der Waals surface area (Å²) >= 11 is 0. The molecule has 5 heteroatoms. The van der Waals surface area contributed by atoms with Gasteiger partial charge >= 0.3 is 0 Å². The van der Waals surface area contributed by atoms with Crippen molar-refractivity contribution in [3.63, 3.8) is 0 Å². The van der Waals surface area contributed by atoms with Crippen LogP contribution in [0.2, 0.25) is 0 Å². The minimum Gasteiger partial charge on any atom is -0.389 e. The van der Waals surface area contributed by atoms with Crippen molar-refractivity contribution in [2.75, 3.05) is 26.8 Å². The maximum absolute atomic E-state index is 11.9. The van der Waals surface area contributed by atoms with Crippen LogP contribution in [0.15, 0.2) is 0 Å². The minimum atomic E-state index is -0.667. The van der Waals surface area contributed by atoms with Gasteiger partial charge in [0, 0.05) is 26.8 Å². The van der Waals surface area contributed by atoms with Crippen molar-refractivity contribution in [2.24, 2.45) is 5.41 Å². The molecule has 1 saturated carbocycles. The minimum absolute atomic E-state index is 0.0224. The number of carbonyl (C=O) groups excluding carboxylic acids is 1. The molecule has 1 rings (SSSR count). The highest BCUT2D eigenvalue weighted by Crippen LogP contribution is 2.39. The van der Waals surface area contributed by atoms with Crippen LogP contribution in [-0.2, 0) is 9.53 Å². The van der Waals surface area contributed by atoms with Crippen LogP contribution in [-0.4, -0.2) is 49.5 Å². The van der Waals surface area contributed by atoms with Crippen molar-refractivity contribution in [1.82, 2.24) is 10.6 Å². The van der Waals surface area contributed by atoms with Crippen molar-refractivity contribution in [3.8, 4) is 0 Å². The largest absolute Gasteiger partial charge is 0.389 e. The zero-order valence-corrected chi connectivity index (χ0v) is 14.0. The van der Waals surface area contributed by atoms with Gasteiger partial charge in [-0.05, 0) is 44.4 Å². The summed E-state index contributed by atoms with van der Waals surface area (Å²) in [5, 5.41) is 16.6. The highest BCUT2D eigenvalue weighted by molar-refractivity contribution is 5.81. The molecule has 21 heavy (non-hydrogen) atoms. The van der Waals surface area contributed by atoms with Crippen molar-refractivity contribution in [3.05, 3.63) is 0 Å². The summed E-state index contributed by atoms with van der Waals surface area (Å²) < 4.78 is 4.94. The molecule has 0 bridgehead atoms. The Labute approximate surface area is 128 Å². The van der Waals surface area contributed by atoms with E-state index < -0.39 is 5.60 Å². The van der Waals surface area contributed by atoms with E-state index in [2.05, 4.69) is 24.5 Å². The maximum atomic E-state index is 11.9. The summed E-state index contributed by atoms with van der Waals surface area (Å²) in [5.41, 5.74) is -0.337.